The van der Waals surface area contributed by atoms with Crippen LogP contribution in [-0.2, 0) is 17.8 Å². The summed E-state index contributed by atoms with van der Waals surface area (Å²) >= 11 is 0. The molecule has 2 rings (SSSR count). The lowest BCUT2D eigenvalue weighted by Gasteiger charge is -2.22. The van der Waals surface area contributed by atoms with Crippen molar-refractivity contribution in [2.75, 3.05) is 13.2 Å². The average Bonchev–Trinajstić information content (AvgIpc) is 2.90. The van der Waals surface area contributed by atoms with Crippen LogP contribution in [0.4, 0.5) is 0 Å². The number of ether oxygens (including phenoxy) is 1. The van der Waals surface area contributed by atoms with Crippen molar-refractivity contribution < 1.29 is 9.53 Å². The Labute approximate surface area is 120 Å². The molecule has 1 heterocycles. The molecule has 1 aromatic carbocycles. The topological polar surface area (TPSA) is 50.4 Å². The van der Waals surface area contributed by atoms with Crippen molar-refractivity contribution in [3.05, 3.63) is 34.9 Å². The second-order valence-electron chi connectivity index (χ2n) is 5.57. The second-order valence-corrected chi connectivity index (χ2v) is 5.57. The van der Waals surface area contributed by atoms with E-state index in [2.05, 4.69) is 24.5 Å². The standard InChI is InChI=1S/C16H24N2O2/c1-4-20-10-15(11(2)3)18-16(19)12-5-6-13-8-17-9-14(13)7-12/h5-7,11,15,17H,4,8-10H2,1-3H3,(H,18,19). The summed E-state index contributed by atoms with van der Waals surface area (Å²) in [5, 5.41) is 6.36. The highest BCUT2D eigenvalue weighted by molar-refractivity contribution is 5.94. The van der Waals surface area contributed by atoms with Gasteiger partial charge in [-0.2, -0.15) is 0 Å². The molecule has 0 fully saturated rings. The molecular weight excluding hydrogens is 252 g/mol. The first-order valence-electron chi connectivity index (χ1n) is 7.33. The molecule has 0 bridgehead atoms. The van der Waals surface area contributed by atoms with E-state index in [1.807, 2.05) is 25.1 Å². The van der Waals surface area contributed by atoms with Gasteiger partial charge < -0.3 is 15.4 Å². The minimum atomic E-state index is -0.0156. The van der Waals surface area contributed by atoms with Crippen LogP contribution < -0.4 is 10.6 Å². The van der Waals surface area contributed by atoms with Crippen molar-refractivity contribution >= 4 is 5.91 Å². The first kappa shape index (κ1) is 15.0. The van der Waals surface area contributed by atoms with Gasteiger partial charge in [0.15, 0.2) is 0 Å². The zero-order chi connectivity index (χ0) is 14.5. The maximum absolute atomic E-state index is 12.3. The van der Waals surface area contributed by atoms with E-state index in [-0.39, 0.29) is 11.9 Å². The van der Waals surface area contributed by atoms with Crippen molar-refractivity contribution in [3.8, 4) is 0 Å². The van der Waals surface area contributed by atoms with Crippen molar-refractivity contribution in [1.29, 1.82) is 0 Å². The maximum Gasteiger partial charge on any atom is 0.251 e. The fourth-order valence-electron chi connectivity index (χ4n) is 2.33. The third-order valence-corrected chi connectivity index (χ3v) is 3.72. The molecule has 20 heavy (non-hydrogen) atoms. The van der Waals surface area contributed by atoms with Crippen LogP contribution in [0.15, 0.2) is 18.2 Å². The average molecular weight is 276 g/mol. The lowest BCUT2D eigenvalue weighted by molar-refractivity contribution is 0.0806. The van der Waals surface area contributed by atoms with Crippen LogP contribution in [-0.4, -0.2) is 25.2 Å². The number of hydrogen-bond donors (Lipinski definition) is 2. The Bertz CT molecular complexity index is 472. The fraction of sp³-hybridized carbons (Fsp3) is 0.562. The van der Waals surface area contributed by atoms with Crippen molar-refractivity contribution in [3.63, 3.8) is 0 Å². The van der Waals surface area contributed by atoms with Gasteiger partial charge in [-0.15, -0.1) is 0 Å². The third-order valence-electron chi connectivity index (χ3n) is 3.72. The number of rotatable bonds is 6. The van der Waals surface area contributed by atoms with Gasteiger partial charge in [0.05, 0.1) is 12.6 Å². The van der Waals surface area contributed by atoms with Crippen LogP contribution in [0.25, 0.3) is 0 Å². The summed E-state index contributed by atoms with van der Waals surface area (Å²) < 4.78 is 5.44. The molecule has 0 spiro atoms. The van der Waals surface area contributed by atoms with Crippen molar-refractivity contribution in [2.24, 2.45) is 5.92 Å². The van der Waals surface area contributed by atoms with E-state index in [0.29, 0.717) is 19.1 Å². The Balaban J connectivity index is 2.02. The number of amides is 1. The molecule has 1 aromatic rings. The van der Waals surface area contributed by atoms with Gasteiger partial charge in [0, 0.05) is 25.3 Å². The highest BCUT2D eigenvalue weighted by Crippen LogP contribution is 2.17. The number of nitrogens with one attached hydrogen (secondary N) is 2. The van der Waals surface area contributed by atoms with Gasteiger partial charge in [0.1, 0.15) is 0 Å². The zero-order valence-corrected chi connectivity index (χ0v) is 12.5. The number of fused-ring (bicyclic) bond motifs is 1. The van der Waals surface area contributed by atoms with Gasteiger partial charge >= 0.3 is 0 Å². The molecule has 1 amide bonds. The largest absolute Gasteiger partial charge is 0.380 e. The molecule has 0 aliphatic carbocycles. The third kappa shape index (κ3) is 3.58. The Hall–Kier alpha value is -1.39. The van der Waals surface area contributed by atoms with Gasteiger partial charge in [-0.05, 0) is 36.1 Å². The van der Waals surface area contributed by atoms with Crippen LogP contribution in [0, 0.1) is 5.92 Å². The van der Waals surface area contributed by atoms with E-state index in [1.165, 1.54) is 11.1 Å². The number of carbonyl (C=O) groups excluding carboxylic acids is 1. The molecule has 1 aliphatic rings. The Kier molecular flexibility index (Phi) is 5.15. The Morgan fingerprint density at radius 3 is 2.80 bits per heavy atom. The Morgan fingerprint density at radius 1 is 1.35 bits per heavy atom. The van der Waals surface area contributed by atoms with Crippen LogP contribution in [0.2, 0.25) is 0 Å². The quantitative estimate of drug-likeness (QED) is 0.836. The molecule has 1 unspecified atom stereocenters. The molecule has 0 saturated heterocycles. The van der Waals surface area contributed by atoms with E-state index in [1.54, 1.807) is 0 Å². The summed E-state index contributed by atoms with van der Waals surface area (Å²) in [6.45, 7) is 9.13. The molecule has 4 heteroatoms. The zero-order valence-electron chi connectivity index (χ0n) is 12.5. The second kappa shape index (κ2) is 6.86. The SMILES string of the molecule is CCOCC(NC(=O)c1ccc2c(c1)CNC2)C(C)C. The Morgan fingerprint density at radius 2 is 2.10 bits per heavy atom. The minimum absolute atomic E-state index is 0.0156. The highest BCUT2D eigenvalue weighted by atomic mass is 16.5. The molecule has 0 aromatic heterocycles. The van der Waals surface area contributed by atoms with E-state index >= 15 is 0 Å². The van der Waals surface area contributed by atoms with E-state index in [4.69, 9.17) is 4.74 Å². The monoisotopic (exact) mass is 276 g/mol. The number of benzene rings is 1. The number of carbonyl (C=O) groups is 1. The minimum Gasteiger partial charge on any atom is -0.380 e. The molecule has 0 radical (unpaired) electrons. The molecular formula is C16H24N2O2. The normalized spacial score (nSPS) is 15.2. The van der Waals surface area contributed by atoms with Gasteiger partial charge in [0.25, 0.3) is 5.91 Å². The smallest absolute Gasteiger partial charge is 0.251 e. The van der Waals surface area contributed by atoms with Crippen molar-refractivity contribution in [1.82, 2.24) is 10.6 Å². The molecule has 110 valence electrons. The highest BCUT2D eigenvalue weighted by Gasteiger charge is 2.19. The van der Waals surface area contributed by atoms with Crippen LogP contribution in [0.3, 0.4) is 0 Å². The lowest BCUT2D eigenvalue weighted by Crippen LogP contribution is -2.41. The summed E-state index contributed by atoms with van der Waals surface area (Å²) in [4.78, 5) is 12.3. The van der Waals surface area contributed by atoms with E-state index in [0.717, 1.165) is 18.7 Å². The maximum atomic E-state index is 12.3. The lowest BCUT2D eigenvalue weighted by atomic mass is 10.0. The van der Waals surface area contributed by atoms with E-state index < -0.39 is 0 Å². The van der Waals surface area contributed by atoms with Gasteiger partial charge in [-0.1, -0.05) is 19.9 Å². The molecule has 2 N–H and O–H groups in total. The first-order chi connectivity index (χ1) is 9.61. The van der Waals surface area contributed by atoms with Crippen LogP contribution in [0.5, 0.6) is 0 Å². The molecule has 1 aliphatic heterocycles. The van der Waals surface area contributed by atoms with Gasteiger partial charge in [-0.3, -0.25) is 4.79 Å². The van der Waals surface area contributed by atoms with Crippen LogP contribution in [0.1, 0.15) is 42.3 Å². The fourth-order valence-corrected chi connectivity index (χ4v) is 2.33. The van der Waals surface area contributed by atoms with Crippen molar-refractivity contribution in [2.45, 2.75) is 39.9 Å². The first-order valence-corrected chi connectivity index (χ1v) is 7.33. The predicted molar refractivity (Wildman–Crippen MR) is 79.6 cm³/mol. The molecule has 0 saturated carbocycles. The summed E-state index contributed by atoms with van der Waals surface area (Å²) in [5.74, 6) is 0.333. The summed E-state index contributed by atoms with van der Waals surface area (Å²) in [7, 11) is 0. The van der Waals surface area contributed by atoms with Crippen LogP contribution >= 0.6 is 0 Å². The summed E-state index contributed by atoms with van der Waals surface area (Å²) in [6.07, 6.45) is 0. The van der Waals surface area contributed by atoms with Gasteiger partial charge in [-0.25, -0.2) is 0 Å². The van der Waals surface area contributed by atoms with E-state index in [9.17, 15) is 4.79 Å². The summed E-state index contributed by atoms with van der Waals surface area (Å²) in [5.41, 5.74) is 3.24. The molecule has 4 nitrogen and oxygen atoms in total. The molecule has 1 atom stereocenters. The van der Waals surface area contributed by atoms with Gasteiger partial charge in [0.2, 0.25) is 0 Å². The predicted octanol–water partition coefficient (Wildman–Crippen LogP) is 2.08. The number of hydrogen-bond acceptors (Lipinski definition) is 3. The summed E-state index contributed by atoms with van der Waals surface area (Å²) in [6, 6.07) is 5.98.